The van der Waals surface area contributed by atoms with Crippen LogP contribution in [0.15, 0.2) is 47.2 Å². The highest BCUT2D eigenvalue weighted by atomic mass is 16.5. The van der Waals surface area contributed by atoms with Crippen molar-refractivity contribution in [2.75, 3.05) is 0 Å². The lowest BCUT2D eigenvalue weighted by Crippen LogP contribution is -2.41. The van der Waals surface area contributed by atoms with Crippen molar-refractivity contribution in [3.8, 4) is 0 Å². The van der Waals surface area contributed by atoms with Crippen molar-refractivity contribution < 1.29 is 9.32 Å². The first-order chi connectivity index (χ1) is 8.75. The molecule has 0 radical (unpaired) electrons. The first kappa shape index (κ1) is 12.3. The van der Waals surface area contributed by atoms with E-state index in [2.05, 4.69) is 15.0 Å². The van der Waals surface area contributed by atoms with Gasteiger partial charge in [-0.3, -0.25) is 4.79 Å². The van der Waals surface area contributed by atoms with Gasteiger partial charge in [0.25, 0.3) is 0 Å². The minimum Gasteiger partial charge on any atom is -0.364 e. The molecular weight excluding hydrogens is 230 g/mol. The van der Waals surface area contributed by atoms with Gasteiger partial charge in [0.05, 0.1) is 12.6 Å². The summed E-state index contributed by atoms with van der Waals surface area (Å²) in [4.78, 5) is 11.7. The molecule has 5 heteroatoms. The average molecular weight is 245 g/mol. The third kappa shape index (κ3) is 3.43. The number of nitrogens with zero attached hydrogens (tertiary/aromatic N) is 1. The normalized spacial score (nSPS) is 12.1. The zero-order chi connectivity index (χ0) is 12.8. The summed E-state index contributed by atoms with van der Waals surface area (Å²) in [5.74, 6) is -0.193. The number of hydrogen-bond donors (Lipinski definition) is 2. The summed E-state index contributed by atoms with van der Waals surface area (Å²) in [6, 6.07) is 10.8. The van der Waals surface area contributed by atoms with Crippen LogP contribution in [0.3, 0.4) is 0 Å². The summed E-state index contributed by atoms with van der Waals surface area (Å²) in [5.41, 5.74) is 7.55. The fourth-order valence-corrected chi connectivity index (χ4v) is 1.60. The molecule has 2 aromatic rings. The van der Waals surface area contributed by atoms with Crippen LogP contribution in [0.2, 0.25) is 0 Å². The fraction of sp³-hybridized carbons (Fsp3) is 0.231. The molecule has 0 saturated carbocycles. The highest BCUT2D eigenvalue weighted by Crippen LogP contribution is 2.02. The van der Waals surface area contributed by atoms with Gasteiger partial charge in [-0.25, -0.2) is 0 Å². The van der Waals surface area contributed by atoms with E-state index in [1.54, 1.807) is 6.07 Å². The average Bonchev–Trinajstić information content (AvgIpc) is 2.90. The molecule has 0 saturated heterocycles. The first-order valence-corrected chi connectivity index (χ1v) is 5.72. The third-order valence-electron chi connectivity index (χ3n) is 2.57. The number of hydrogen-bond acceptors (Lipinski definition) is 4. The van der Waals surface area contributed by atoms with Gasteiger partial charge in [0, 0.05) is 6.07 Å². The number of amides is 1. The maximum absolute atomic E-state index is 11.7. The van der Waals surface area contributed by atoms with Gasteiger partial charge in [0.2, 0.25) is 5.91 Å². The quantitative estimate of drug-likeness (QED) is 0.818. The standard InChI is InChI=1S/C13H15N3O2/c14-12(8-10-4-2-1-3-5-10)13(17)15-9-11-6-7-18-16-11/h1-7,12H,8-9,14H2,(H,15,17)/t12-/m0/s1. The summed E-state index contributed by atoms with van der Waals surface area (Å²) in [6.07, 6.45) is 1.98. The van der Waals surface area contributed by atoms with Gasteiger partial charge in [-0.1, -0.05) is 35.5 Å². The van der Waals surface area contributed by atoms with Crippen molar-refractivity contribution in [3.63, 3.8) is 0 Å². The second-order valence-electron chi connectivity index (χ2n) is 4.00. The molecule has 1 heterocycles. The van der Waals surface area contributed by atoms with Crippen LogP contribution in [-0.4, -0.2) is 17.1 Å². The Balaban J connectivity index is 1.82. The second kappa shape index (κ2) is 5.97. The molecule has 0 aliphatic heterocycles. The van der Waals surface area contributed by atoms with E-state index in [1.165, 1.54) is 6.26 Å². The number of carbonyl (C=O) groups excluding carboxylic acids is 1. The molecule has 1 atom stereocenters. The number of carbonyl (C=O) groups is 1. The monoisotopic (exact) mass is 245 g/mol. The van der Waals surface area contributed by atoms with Crippen molar-refractivity contribution in [1.82, 2.24) is 10.5 Å². The van der Waals surface area contributed by atoms with Crippen LogP contribution in [0.5, 0.6) is 0 Å². The molecule has 3 N–H and O–H groups in total. The smallest absolute Gasteiger partial charge is 0.237 e. The maximum Gasteiger partial charge on any atom is 0.237 e. The van der Waals surface area contributed by atoms with Crippen LogP contribution >= 0.6 is 0 Å². The van der Waals surface area contributed by atoms with E-state index in [1.807, 2.05) is 30.3 Å². The van der Waals surface area contributed by atoms with E-state index in [-0.39, 0.29) is 5.91 Å². The van der Waals surface area contributed by atoms with Crippen LogP contribution in [0.1, 0.15) is 11.3 Å². The largest absolute Gasteiger partial charge is 0.364 e. The molecule has 0 spiro atoms. The summed E-state index contributed by atoms with van der Waals surface area (Å²) >= 11 is 0. The van der Waals surface area contributed by atoms with Gasteiger partial charge < -0.3 is 15.6 Å². The van der Waals surface area contributed by atoms with Crippen molar-refractivity contribution in [2.24, 2.45) is 5.73 Å². The molecule has 18 heavy (non-hydrogen) atoms. The highest BCUT2D eigenvalue weighted by molar-refractivity contribution is 5.81. The molecule has 0 aliphatic rings. The van der Waals surface area contributed by atoms with Crippen LogP contribution in [0.25, 0.3) is 0 Å². The van der Waals surface area contributed by atoms with Gasteiger partial charge in [-0.2, -0.15) is 0 Å². The minimum atomic E-state index is -0.556. The van der Waals surface area contributed by atoms with E-state index in [0.29, 0.717) is 18.7 Å². The third-order valence-corrected chi connectivity index (χ3v) is 2.57. The van der Waals surface area contributed by atoms with Crippen molar-refractivity contribution in [1.29, 1.82) is 0 Å². The van der Waals surface area contributed by atoms with Crippen LogP contribution < -0.4 is 11.1 Å². The summed E-state index contributed by atoms with van der Waals surface area (Å²) < 4.78 is 4.67. The molecule has 0 fully saturated rings. The maximum atomic E-state index is 11.7. The van der Waals surface area contributed by atoms with E-state index < -0.39 is 6.04 Å². The highest BCUT2D eigenvalue weighted by Gasteiger charge is 2.13. The predicted molar refractivity (Wildman–Crippen MR) is 66.5 cm³/mol. The molecule has 1 amide bonds. The molecule has 5 nitrogen and oxygen atoms in total. The summed E-state index contributed by atoms with van der Waals surface area (Å²) in [6.45, 7) is 0.331. The van der Waals surface area contributed by atoms with Gasteiger partial charge in [0.1, 0.15) is 12.0 Å². The van der Waals surface area contributed by atoms with Crippen LogP contribution in [-0.2, 0) is 17.8 Å². The number of nitrogens with one attached hydrogen (secondary N) is 1. The fourth-order valence-electron chi connectivity index (χ4n) is 1.60. The van der Waals surface area contributed by atoms with Crippen molar-refractivity contribution >= 4 is 5.91 Å². The Morgan fingerprint density at radius 3 is 2.78 bits per heavy atom. The SMILES string of the molecule is N[C@@H](Cc1ccccc1)C(=O)NCc1ccon1. The molecule has 0 bridgehead atoms. The van der Waals surface area contributed by atoms with E-state index >= 15 is 0 Å². The van der Waals surface area contributed by atoms with E-state index in [4.69, 9.17) is 5.73 Å². The number of rotatable bonds is 5. The van der Waals surface area contributed by atoms with Gasteiger partial charge in [-0.05, 0) is 12.0 Å². The van der Waals surface area contributed by atoms with Crippen LogP contribution in [0, 0.1) is 0 Å². The lowest BCUT2D eigenvalue weighted by Gasteiger charge is -2.11. The Labute approximate surface area is 105 Å². The number of nitrogens with two attached hydrogens (primary N) is 1. The number of aromatic nitrogens is 1. The van der Waals surface area contributed by atoms with Crippen LogP contribution in [0.4, 0.5) is 0 Å². The summed E-state index contributed by atoms with van der Waals surface area (Å²) in [7, 11) is 0. The lowest BCUT2D eigenvalue weighted by atomic mass is 10.1. The Morgan fingerprint density at radius 2 is 2.11 bits per heavy atom. The van der Waals surface area contributed by atoms with Gasteiger partial charge >= 0.3 is 0 Å². The Kier molecular flexibility index (Phi) is 4.09. The minimum absolute atomic E-state index is 0.193. The molecule has 0 unspecified atom stereocenters. The first-order valence-electron chi connectivity index (χ1n) is 5.72. The zero-order valence-corrected chi connectivity index (χ0v) is 9.87. The van der Waals surface area contributed by atoms with E-state index in [0.717, 1.165) is 5.56 Å². The zero-order valence-electron chi connectivity index (χ0n) is 9.87. The molecule has 0 aliphatic carbocycles. The predicted octanol–water partition coefficient (Wildman–Crippen LogP) is 0.861. The molecular formula is C13H15N3O2. The van der Waals surface area contributed by atoms with Crippen molar-refractivity contribution in [3.05, 3.63) is 53.9 Å². The topological polar surface area (TPSA) is 81.2 Å². The molecule has 1 aromatic carbocycles. The Hall–Kier alpha value is -2.14. The second-order valence-corrected chi connectivity index (χ2v) is 4.00. The molecule has 1 aromatic heterocycles. The number of benzene rings is 1. The van der Waals surface area contributed by atoms with Crippen molar-refractivity contribution in [2.45, 2.75) is 19.0 Å². The Bertz CT molecular complexity index is 482. The van der Waals surface area contributed by atoms with Gasteiger partial charge in [-0.15, -0.1) is 0 Å². The van der Waals surface area contributed by atoms with Gasteiger partial charge in [0.15, 0.2) is 0 Å². The summed E-state index contributed by atoms with van der Waals surface area (Å²) in [5, 5.41) is 6.42. The lowest BCUT2D eigenvalue weighted by molar-refractivity contribution is -0.122. The molecule has 94 valence electrons. The van der Waals surface area contributed by atoms with E-state index in [9.17, 15) is 4.79 Å². The Morgan fingerprint density at radius 1 is 1.33 bits per heavy atom. The molecule has 2 rings (SSSR count).